The minimum atomic E-state index is 0.00294. The topological polar surface area (TPSA) is 45.6 Å². The molecule has 4 nitrogen and oxygen atoms in total. The summed E-state index contributed by atoms with van der Waals surface area (Å²) in [4.78, 5) is 4.88. The Balaban J connectivity index is 1.78. The van der Waals surface area contributed by atoms with Crippen molar-refractivity contribution >= 4 is 0 Å². The fourth-order valence-electron chi connectivity index (χ4n) is 2.16. The van der Waals surface area contributed by atoms with Gasteiger partial charge in [-0.05, 0) is 18.7 Å². The van der Waals surface area contributed by atoms with Crippen LogP contribution in [0.2, 0.25) is 0 Å². The van der Waals surface area contributed by atoms with Gasteiger partial charge in [0.05, 0.1) is 12.3 Å². The Kier molecular flexibility index (Phi) is 3.98. The number of likely N-dealkylation sites (N-methyl/N-ethyl adjacent to an activating group) is 1. The molecule has 2 N–H and O–H groups in total. The van der Waals surface area contributed by atoms with E-state index in [1.165, 1.54) is 0 Å². The standard InChI is InChI=1S/C12H21N3O/c1-2-14-5-7-15(8-6-14)10-11(13)12-4-3-9-16-12/h3-4,9,11H,2,5-8,10,13H2,1H3. The van der Waals surface area contributed by atoms with E-state index in [2.05, 4.69) is 16.7 Å². The lowest BCUT2D eigenvalue weighted by Crippen LogP contribution is -2.47. The highest BCUT2D eigenvalue weighted by Gasteiger charge is 2.19. The molecule has 2 heterocycles. The molecule has 1 fully saturated rings. The van der Waals surface area contributed by atoms with Crippen LogP contribution in [0.3, 0.4) is 0 Å². The van der Waals surface area contributed by atoms with Gasteiger partial charge in [-0.15, -0.1) is 0 Å². The lowest BCUT2D eigenvalue weighted by atomic mass is 10.2. The highest BCUT2D eigenvalue weighted by molar-refractivity contribution is 5.04. The van der Waals surface area contributed by atoms with Crippen molar-refractivity contribution in [3.63, 3.8) is 0 Å². The molecule has 0 saturated carbocycles. The first-order valence-electron chi connectivity index (χ1n) is 6.03. The molecule has 4 heteroatoms. The van der Waals surface area contributed by atoms with E-state index >= 15 is 0 Å². The summed E-state index contributed by atoms with van der Waals surface area (Å²) >= 11 is 0. The third-order valence-corrected chi connectivity index (χ3v) is 3.28. The van der Waals surface area contributed by atoms with Crippen molar-refractivity contribution in [2.75, 3.05) is 39.3 Å². The zero-order chi connectivity index (χ0) is 11.4. The summed E-state index contributed by atoms with van der Waals surface area (Å²) in [6.07, 6.45) is 1.68. The van der Waals surface area contributed by atoms with E-state index in [-0.39, 0.29) is 6.04 Å². The average molecular weight is 223 g/mol. The highest BCUT2D eigenvalue weighted by atomic mass is 16.3. The zero-order valence-corrected chi connectivity index (χ0v) is 9.93. The predicted molar refractivity (Wildman–Crippen MR) is 64.2 cm³/mol. The molecule has 1 aromatic rings. The van der Waals surface area contributed by atoms with Crippen molar-refractivity contribution in [3.8, 4) is 0 Å². The van der Waals surface area contributed by atoms with Gasteiger partial charge in [-0.3, -0.25) is 4.90 Å². The first-order chi connectivity index (χ1) is 7.79. The van der Waals surface area contributed by atoms with Gasteiger partial charge in [0.25, 0.3) is 0 Å². The van der Waals surface area contributed by atoms with E-state index in [4.69, 9.17) is 10.2 Å². The van der Waals surface area contributed by atoms with Crippen molar-refractivity contribution in [2.45, 2.75) is 13.0 Å². The maximum atomic E-state index is 6.09. The second-order valence-electron chi connectivity index (χ2n) is 4.36. The minimum Gasteiger partial charge on any atom is -0.468 e. The van der Waals surface area contributed by atoms with Crippen LogP contribution in [-0.2, 0) is 0 Å². The van der Waals surface area contributed by atoms with E-state index in [9.17, 15) is 0 Å². The quantitative estimate of drug-likeness (QED) is 0.824. The molecule has 1 aliphatic rings. The lowest BCUT2D eigenvalue weighted by Gasteiger charge is -2.34. The molecule has 0 aliphatic carbocycles. The average Bonchev–Trinajstić information content (AvgIpc) is 2.83. The molecular weight excluding hydrogens is 202 g/mol. The first kappa shape index (κ1) is 11.6. The largest absolute Gasteiger partial charge is 0.468 e. The normalized spacial score (nSPS) is 21.1. The summed E-state index contributed by atoms with van der Waals surface area (Å²) in [6.45, 7) is 8.79. The van der Waals surface area contributed by atoms with E-state index in [1.54, 1.807) is 6.26 Å². The Morgan fingerprint density at radius 3 is 2.56 bits per heavy atom. The number of piperazine rings is 1. The molecule has 2 rings (SSSR count). The molecule has 0 radical (unpaired) electrons. The summed E-state index contributed by atoms with van der Waals surface area (Å²) in [6, 6.07) is 3.85. The van der Waals surface area contributed by atoms with Crippen LogP contribution in [0.1, 0.15) is 18.7 Å². The Morgan fingerprint density at radius 1 is 1.31 bits per heavy atom. The molecular formula is C12H21N3O. The molecule has 1 saturated heterocycles. The molecule has 0 spiro atoms. The van der Waals surface area contributed by atoms with E-state index in [1.807, 2.05) is 12.1 Å². The first-order valence-corrected chi connectivity index (χ1v) is 6.03. The molecule has 0 bridgehead atoms. The number of furan rings is 1. The number of hydrogen-bond acceptors (Lipinski definition) is 4. The molecule has 1 unspecified atom stereocenters. The van der Waals surface area contributed by atoms with Gasteiger partial charge in [0, 0.05) is 32.7 Å². The van der Waals surface area contributed by atoms with Gasteiger partial charge >= 0.3 is 0 Å². The Labute approximate surface area is 97.0 Å². The van der Waals surface area contributed by atoms with Gasteiger partial charge in [0.15, 0.2) is 0 Å². The fourth-order valence-corrected chi connectivity index (χ4v) is 2.16. The van der Waals surface area contributed by atoms with E-state index < -0.39 is 0 Å². The number of nitrogens with two attached hydrogens (primary N) is 1. The molecule has 90 valence electrons. The van der Waals surface area contributed by atoms with Crippen molar-refractivity contribution in [1.82, 2.24) is 9.80 Å². The summed E-state index contributed by atoms with van der Waals surface area (Å²) in [5.74, 6) is 0.887. The summed E-state index contributed by atoms with van der Waals surface area (Å²) in [7, 11) is 0. The van der Waals surface area contributed by atoms with Crippen LogP contribution in [-0.4, -0.2) is 49.1 Å². The van der Waals surface area contributed by atoms with Crippen LogP contribution in [0.15, 0.2) is 22.8 Å². The molecule has 0 amide bonds. The highest BCUT2D eigenvalue weighted by Crippen LogP contribution is 2.13. The van der Waals surface area contributed by atoms with Gasteiger partial charge in [-0.1, -0.05) is 6.92 Å². The van der Waals surface area contributed by atoms with Gasteiger partial charge < -0.3 is 15.1 Å². The van der Waals surface area contributed by atoms with Crippen molar-refractivity contribution in [3.05, 3.63) is 24.2 Å². The van der Waals surface area contributed by atoms with Crippen LogP contribution in [0.4, 0.5) is 0 Å². The third-order valence-electron chi connectivity index (χ3n) is 3.28. The summed E-state index contributed by atoms with van der Waals surface area (Å²) in [5.41, 5.74) is 6.09. The van der Waals surface area contributed by atoms with Crippen LogP contribution in [0, 0.1) is 0 Å². The van der Waals surface area contributed by atoms with Gasteiger partial charge in [-0.25, -0.2) is 0 Å². The van der Waals surface area contributed by atoms with Crippen molar-refractivity contribution in [1.29, 1.82) is 0 Å². The van der Waals surface area contributed by atoms with E-state index in [0.29, 0.717) is 0 Å². The van der Waals surface area contributed by atoms with Crippen LogP contribution < -0.4 is 5.73 Å². The Morgan fingerprint density at radius 2 is 2.00 bits per heavy atom. The predicted octanol–water partition coefficient (Wildman–Crippen LogP) is 0.917. The lowest BCUT2D eigenvalue weighted by molar-refractivity contribution is 0.129. The summed E-state index contributed by atoms with van der Waals surface area (Å²) in [5, 5.41) is 0. The van der Waals surface area contributed by atoms with Crippen LogP contribution in [0.5, 0.6) is 0 Å². The van der Waals surface area contributed by atoms with Gasteiger partial charge in [0.2, 0.25) is 0 Å². The second-order valence-corrected chi connectivity index (χ2v) is 4.36. The van der Waals surface area contributed by atoms with E-state index in [0.717, 1.165) is 45.0 Å². The molecule has 16 heavy (non-hydrogen) atoms. The van der Waals surface area contributed by atoms with Crippen LogP contribution >= 0.6 is 0 Å². The second kappa shape index (κ2) is 5.48. The Hall–Kier alpha value is -0.840. The minimum absolute atomic E-state index is 0.00294. The number of nitrogens with zero attached hydrogens (tertiary/aromatic N) is 2. The van der Waals surface area contributed by atoms with Gasteiger partial charge in [-0.2, -0.15) is 0 Å². The Bertz CT molecular complexity index is 291. The smallest absolute Gasteiger partial charge is 0.121 e. The summed E-state index contributed by atoms with van der Waals surface area (Å²) < 4.78 is 5.32. The molecule has 0 aromatic carbocycles. The van der Waals surface area contributed by atoms with Crippen LogP contribution in [0.25, 0.3) is 0 Å². The molecule has 1 aliphatic heterocycles. The van der Waals surface area contributed by atoms with Crippen molar-refractivity contribution < 1.29 is 4.42 Å². The fraction of sp³-hybridized carbons (Fsp3) is 0.667. The third kappa shape index (κ3) is 2.84. The zero-order valence-electron chi connectivity index (χ0n) is 9.93. The van der Waals surface area contributed by atoms with Crippen molar-refractivity contribution in [2.24, 2.45) is 5.73 Å². The monoisotopic (exact) mass is 223 g/mol. The number of hydrogen-bond donors (Lipinski definition) is 1. The maximum absolute atomic E-state index is 6.09. The number of rotatable bonds is 4. The molecule has 1 aromatic heterocycles. The van der Waals surface area contributed by atoms with Gasteiger partial charge in [0.1, 0.15) is 5.76 Å². The molecule has 1 atom stereocenters. The maximum Gasteiger partial charge on any atom is 0.121 e. The SMILES string of the molecule is CCN1CCN(CC(N)c2ccco2)CC1.